The fourth-order valence-electron chi connectivity index (χ4n) is 2.55. The van der Waals surface area contributed by atoms with E-state index < -0.39 is 10.0 Å². The van der Waals surface area contributed by atoms with Gasteiger partial charge in [0.25, 0.3) is 10.0 Å². The molecule has 0 fully saturated rings. The van der Waals surface area contributed by atoms with Crippen LogP contribution >= 0.6 is 0 Å². The maximum Gasteiger partial charge on any atom is 0.264 e. The van der Waals surface area contributed by atoms with Crippen LogP contribution in [0.25, 0.3) is 0 Å². The van der Waals surface area contributed by atoms with Gasteiger partial charge in [-0.15, -0.1) is 0 Å². The van der Waals surface area contributed by atoms with Crippen LogP contribution in [0.5, 0.6) is 0 Å². The molecule has 0 unspecified atom stereocenters. The standard InChI is InChI=1S/C16H18N2O3S/c1-21-12-13-6-8-14(9-7-13)22(19,20)18-11-10-17-15-4-2-3-5-16(15)18/h2-9,17H,10-12H2,1H3. The Balaban J connectivity index is 1.97. The molecule has 1 heterocycles. The van der Waals surface area contributed by atoms with Crippen LogP contribution in [0.15, 0.2) is 53.4 Å². The van der Waals surface area contributed by atoms with Crippen LogP contribution in [0.3, 0.4) is 0 Å². The first-order valence-electron chi connectivity index (χ1n) is 7.06. The molecular weight excluding hydrogens is 300 g/mol. The van der Waals surface area contributed by atoms with Gasteiger partial charge in [0.15, 0.2) is 0 Å². The lowest BCUT2D eigenvalue weighted by molar-refractivity contribution is 0.185. The van der Waals surface area contributed by atoms with Crippen LogP contribution in [-0.4, -0.2) is 28.6 Å². The van der Waals surface area contributed by atoms with Crippen molar-refractivity contribution >= 4 is 21.4 Å². The van der Waals surface area contributed by atoms with E-state index in [1.165, 1.54) is 4.31 Å². The molecule has 5 nitrogen and oxygen atoms in total. The molecule has 2 aromatic carbocycles. The van der Waals surface area contributed by atoms with E-state index in [4.69, 9.17) is 4.74 Å². The van der Waals surface area contributed by atoms with Crippen LogP contribution in [0.4, 0.5) is 11.4 Å². The molecule has 6 heteroatoms. The van der Waals surface area contributed by atoms with E-state index in [0.717, 1.165) is 11.3 Å². The highest BCUT2D eigenvalue weighted by Crippen LogP contribution is 2.32. The van der Waals surface area contributed by atoms with Crippen molar-refractivity contribution in [2.45, 2.75) is 11.5 Å². The molecule has 0 amide bonds. The van der Waals surface area contributed by atoms with E-state index in [-0.39, 0.29) is 0 Å². The predicted octanol–water partition coefficient (Wildman–Crippen LogP) is 2.45. The zero-order valence-corrected chi connectivity index (χ0v) is 13.1. The van der Waals surface area contributed by atoms with Crippen LogP contribution in [0, 0.1) is 0 Å². The number of ether oxygens (including phenoxy) is 1. The Morgan fingerprint density at radius 2 is 1.86 bits per heavy atom. The van der Waals surface area contributed by atoms with Gasteiger partial charge in [-0.1, -0.05) is 24.3 Å². The molecule has 0 aliphatic carbocycles. The zero-order chi connectivity index (χ0) is 15.6. The van der Waals surface area contributed by atoms with E-state index in [1.807, 2.05) is 24.3 Å². The molecule has 1 aliphatic rings. The zero-order valence-electron chi connectivity index (χ0n) is 12.3. The second-order valence-electron chi connectivity index (χ2n) is 5.10. The minimum absolute atomic E-state index is 0.295. The summed E-state index contributed by atoms with van der Waals surface area (Å²) in [5, 5.41) is 3.22. The van der Waals surface area contributed by atoms with Gasteiger partial charge < -0.3 is 10.1 Å². The summed E-state index contributed by atoms with van der Waals surface area (Å²) in [4.78, 5) is 0.295. The molecule has 0 bridgehead atoms. The Kier molecular flexibility index (Phi) is 4.04. The number of hydrogen-bond acceptors (Lipinski definition) is 4. The summed E-state index contributed by atoms with van der Waals surface area (Å²) in [6.07, 6.45) is 0. The van der Waals surface area contributed by atoms with Gasteiger partial charge in [0, 0.05) is 13.7 Å². The Morgan fingerprint density at radius 3 is 2.59 bits per heavy atom. The number of fused-ring (bicyclic) bond motifs is 1. The Bertz CT molecular complexity index is 757. The van der Waals surface area contributed by atoms with Crippen LogP contribution in [-0.2, 0) is 21.4 Å². The number of para-hydroxylation sites is 2. The minimum Gasteiger partial charge on any atom is -0.382 e. The number of benzene rings is 2. The first-order valence-corrected chi connectivity index (χ1v) is 8.50. The fourth-order valence-corrected chi connectivity index (χ4v) is 4.04. The second kappa shape index (κ2) is 5.98. The normalized spacial score (nSPS) is 14.3. The molecular formula is C16H18N2O3S. The summed E-state index contributed by atoms with van der Waals surface area (Å²) in [6, 6.07) is 14.3. The first kappa shape index (κ1) is 14.9. The monoisotopic (exact) mass is 318 g/mol. The van der Waals surface area contributed by atoms with E-state index in [9.17, 15) is 8.42 Å². The smallest absolute Gasteiger partial charge is 0.264 e. The Morgan fingerprint density at radius 1 is 1.14 bits per heavy atom. The van der Waals surface area contributed by atoms with Gasteiger partial charge in [-0.05, 0) is 29.8 Å². The van der Waals surface area contributed by atoms with Gasteiger partial charge in [0.2, 0.25) is 0 Å². The average molecular weight is 318 g/mol. The number of anilines is 2. The Labute approximate surface area is 130 Å². The van der Waals surface area contributed by atoms with Gasteiger partial charge in [-0.25, -0.2) is 8.42 Å². The maximum absolute atomic E-state index is 12.9. The van der Waals surface area contributed by atoms with Crippen molar-refractivity contribution in [2.24, 2.45) is 0 Å². The quantitative estimate of drug-likeness (QED) is 0.941. The first-order chi connectivity index (χ1) is 10.6. The van der Waals surface area contributed by atoms with Gasteiger partial charge in [0.1, 0.15) is 0 Å². The highest BCUT2D eigenvalue weighted by Gasteiger charge is 2.28. The van der Waals surface area contributed by atoms with E-state index in [0.29, 0.717) is 30.3 Å². The fraction of sp³-hybridized carbons (Fsp3) is 0.250. The number of sulfonamides is 1. The molecule has 2 aromatic rings. The molecule has 0 saturated heterocycles. The predicted molar refractivity (Wildman–Crippen MR) is 86.6 cm³/mol. The number of nitrogens with one attached hydrogen (secondary N) is 1. The summed E-state index contributed by atoms with van der Waals surface area (Å²) in [6.45, 7) is 1.48. The number of rotatable bonds is 4. The lowest BCUT2D eigenvalue weighted by atomic mass is 10.2. The summed E-state index contributed by atoms with van der Waals surface area (Å²) < 4.78 is 32.3. The van der Waals surface area contributed by atoms with Gasteiger partial charge in [-0.3, -0.25) is 4.31 Å². The third-order valence-electron chi connectivity index (χ3n) is 3.63. The molecule has 22 heavy (non-hydrogen) atoms. The largest absolute Gasteiger partial charge is 0.382 e. The van der Waals surface area contributed by atoms with Gasteiger partial charge >= 0.3 is 0 Å². The van der Waals surface area contributed by atoms with Gasteiger partial charge in [0.05, 0.1) is 29.4 Å². The minimum atomic E-state index is -3.55. The van der Waals surface area contributed by atoms with Crippen molar-refractivity contribution in [1.82, 2.24) is 0 Å². The molecule has 3 rings (SSSR count). The third-order valence-corrected chi connectivity index (χ3v) is 5.45. The van der Waals surface area contributed by atoms with Crippen LogP contribution < -0.4 is 9.62 Å². The van der Waals surface area contributed by atoms with E-state index >= 15 is 0 Å². The van der Waals surface area contributed by atoms with Crippen LogP contribution in [0.1, 0.15) is 5.56 Å². The number of nitrogens with zero attached hydrogens (tertiary/aromatic N) is 1. The molecule has 0 radical (unpaired) electrons. The topological polar surface area (TPSA) is 58.6 Å². The van der Waals surface area contributed by atoms with Crippen molar-refractivity contribution < 1.29 is 13.2 Å². The lowest BCUT2D eigenvalue weighted by Gasteiger charge is -2.31. The molecule has 0 spiro atoms. The highest BCUT2D eigenvalue weighted by atomic mass is 32.2. The van der Waals surface area contributed by atoms with Crippen molar-refractivity contribution in [3.63, 3.8) is 0 Å². The molecule has 1 aliphatic heterocycles. The number of methoxy groups -OCH3 is 1. The molecule has 0 saturated carbocycles. The Hall–Kier alpha value is -2.05. The van der Waals surface area contributed by atoms with Crippen LogP contribution in [0.2, 0.25) is 0 Å². The van der Waals surface area contributed by atoms with Crippen molar-refractivity contribution in [2.75, 3.05) is 29.8 Å². The SMILES string of the molecule is COCc1ccc(S(=O)(=O)N2CCNc3ccccc32)cc1. The summed E-state index contributed by atoms with van der Waals surface area (Å²) in [5.41, 5.74) is 2.48. The van der Waals surface area contributed by atoms with E-state index in [2.05, 4.69) is 5.32 Å². The van der Waals surface area contributed by atoms with Gasteiger partial charge in [-0.2, -0.15) is 0 Å². The summed E-state index contributed by atoms with van der Waals surface area (Å²) in [7, 11) is -1.94. The summed E-state index contributed by atoms with van der Waals surface area (Å²) in [5.74, 6) is 0. The molecule has 0 aromatic heterocycles. The van der Waals surface area contributed by atoms with Crippen molar-refractivity contribution in [3.05, 3.63) is 54.1 Å². The summed E-state index contributed by atoms with van der Waals surface area (Å²) >= 11 is 0. The molecule has 0 atom stereocenters. The van der Waals surface area contributed by atoms with Crippen molar-refractivity contribution in [3.8, 4) is 0 Å². The lowest BCUT2D eigenvalue weighted by Crippen LogP contribution is -2.38. The highest BCUT2D eigenvalue weighted by molar-refractivity contribution is 7.92. The average Bonchev–Trinajstić information content (AvgIpc) is 2.55. The third kappa shape index (κ3) is 2.67. The molecule has 116 valence electrons. The number of hydrogen-bond donors (Lipinski definition) is 1. The maximum atomic E-state index is 12.9. The second-order valence-corrected chi connectivity index (χ2v) is 6.96. The molecule has 1 N–H and O–H groups in total. The van der Waals surface area contributed by atoms with E-state index in [1.54, 1.807) is 31.4 Å². The van der Waals surface area contributed by atoms with Crippen molar-refractivity contribution in [1.29, 1.82) is 0 Å².